The van der Waals surface area contributed by atoms with Crippen molar-refractivity contribution < 1.29 is 13.2 Å². The van der Waals surface area contributed by atoms with Crippen LogP contribution in [0.4, 0.5) is 24.8 Å². The van der Waals surface area contributed by atoms with E-state index in [2.05, 4.69) is 10.4 Å². The fraction of sp³-hybridized carbons (Fsp3) is 0.583. The van der Waals surface area contributed by atoms with Gasteiger partial charge in [-0.2, -0.15) is 13.2 Å². The van der Waals surface area contributed by atoms with Gasteiger partial charge in [0.2, 0.25) is 0 Å². The second-order valence-electron chi connectivity index (χ2n) is 4.49. The molecule has 19 heavy (non-hydrogen) atoms. The summed E-state index contributed by atoms with van der Waals surface area (Å²) in [5.41, 5.74) is 1.40. The lowest BCUT2D eigenvalue weighted by Crippen LogP contribution is -2.30. The Morgan fingerprint density at radius 3 is 2.53 bits per heavy atom. The number of nitrogen functional groups attached to an aromatic ring is 1. The van der Waals surface area contributed by atoms with Gasteiger partial charge in [-0.25, -0.2) is 10.8 Å². The molecule has 1 aromatic heterocycles. The number of aromatic nitrogens is 1. The Hall–Kier alpha value is -1.50. The van der Waals surface area contributed by atoms with Crippen LogP contribution in [0, 0.1) is 0 Å². The van der Waals surface area contributed by atoms with Crippen LogP contribution in [-0.4, -0.2) is 18.1 Å². The van der Waals surface area contributed by atoms with E-state index in [1.54, 1.807) is 11.9 Å². The fourth-order valence-electron chi connectivity index (χ4n) is 1.77. The summed E-state index contributed by atoms with van der Waals surface area (Å²) in [4.78, 5) is 5.78. The zero-order valence-electron chi connectivity index (χ0n) is 11.3. The largest absolute Gasteiger partial charge is 0.416 e. The number of rotatable bonds is 5. The molecule has 4 nitrogen and oxygen atoms in total. The van der Waals surface area contributed by atoms with Crippen LogP contribution in [0.15, 0.2) is 12.1 Å². The average Bonchev–Trinajstić information content (AvgIpc) is 2.36. The average molecular weight is 276 g/mol. The molecule has 0 spiro atoms. The Morgan fingerprint density at radius 2 is 2.05 bits per heavy atom. The number of hydrazine groups is 1. The Bertz CT molecular complexity index is 420. The maximum absolute atomic E-state index is 12.8. The quantitative estimate of drug-likeness (QED) is 0.641. The minimum atomic E-state index is -4.42. The van der Waals surface area contributed by atoms with Gasteiger partial charge >= 0.3 is 6.18 Å². The maximum atomic E-state index is 12.8. The van der Waals surface area contributed by atoms with Gasteiger partial charge < -0.3 is 10.3 Å². The molecular formula is C12H19F3N4. The predicted molar refractivity (Wildman–Crippen MR) is 69.8 cm³/mol. The lowest BCUT2D eigenvalue weighted by molar-refractivity contribution is -0.137. The molecule has 0 aromatic carbocycles. The van der Waals surface area contributed by atoms with Crippen molar-refractivity contribution in [2.75, 3.05) is 17.4 Å². The Labute approximate surface area is 110 Å². The van der Waals surface area contributed by atoms with E-state index in [1.807, 2.05) is 13.8 Å². The van der Waals surface area contributed by atoms with Gasteiger partial charge in [0.25, 0.3) is 0 Å². The van der Waals surface area contributed by atoms with Gasteiger partial charge in [-0.05, 0) is 25.5 Å². The van der Waals surface area contributed by atoms with Gasteiger partial charge in [0.1, 0.15) is 11.6 Å². The molecule has 0 saturated carbocycles. The molecule has 0 aliphatic rings. The SMILES string of the molecule is CCCC(C)N(C)c1cc(C(F)(F)F)cc(NN)n1. The van der Waals surface area contributed by atoms with Gasteiger partial charge in [0, 0.05) is 13.1 Å². The van der Waals surface area contributed by atoms with Crippen molar-refractivity contribution in [1.29, 1.82) is 0 Å². The summed E-state index contributed by atoms with van der Waals surface area (Å²) < 4.78 is 38.3. The van der Waals surface area contributed by atoms with Crippen LogP contribution in [0.3, 0.4) is 0 Å². The van der Waals surface area contributed by atoms with Crippen molar-refractivity contribution in [3.05, 3.63) is 17.7 Å². The molecule has 1 heterocycles. The lowest BCUT2D eigenvalue weighted by Gasteiger charge is -2.26. The van der Waals surface area contributed by atoms with Crippen LogP contribution in [0.25, 0.3) is 0 Å². The third-order valence-corrected chi connectivity index (χ3v) is 3.02. The Kier molecular flexibility index (Phi) is 4.99. The number of nitrogens with zero attached hydrogens (tertiary/aromatic N) is 2. The predicted octanol–water partition coefficient (Wildman–Crippen LogP) is 3.01. The topological polar surface area (TPSA) is 54.2 Å². The molecule has 0 aliphatic heterocycles. The number of pyridine rings is 1. The summed E-state index contributed by atoms with van der Waals surface area (Å²) in [6.45, 7) is 3.97. The van der Waals surface area contributed by atoms with E-state index in [1.165, 1.54) is 0 Å². The van der Waals surface area contributed by atoms with E-state index < -0.39 is 11.7 Å². The number of hydrogen-bond donors (Lipinski definition) is 2. The smallest absolute Gasteiger partial charge is 0.357 e. The van der Waals surface area contributed by atoms with Crippen LogP contribution in [-0.2, 0) is 6.18 Å². The van der Waals surface area contributed by atoms with Gasteiger partial charge in [0.15, 0.2) is 0 Å². The zero-order valence-corrected chi connectivity index (χ0v) is 11.3. The number of hydrogen-bond acceptors (Lipinski definition) is 4. The monoisotopic (exact) mass is 276 g/mol. The van der Waals surface area contributed by atoms with E-state index in [-0.39, 0.29) is 17.7 Å². The Morgan fingerprint density at radius 1 is 1.42 bits per heavy atom. The van der Waals surface area contributed by atoms with Crippen molar-refractivity contribution in [3.63, 3.8) is 0 Å². The van der Waals surface area contributed by atoms with Crippen molar-refractivity contribution in [2.24, 2.45) is 5.84 Å². The van der Waals surface area contributed by atoms with E-state index in [0.717, 1.165) is 25.0 Å². The van der Waals surface area contributed by atoms with Crippen molar-refractivity contribution in [3.8, 4) is 0 Å². The molecule has 3 N–H and O–H groups in total. The first kappa shape index (κ1) is 15.6. The Balaban J connectivity index is 3.13. The number of nitrogens with one attached hydrogen (secondary N) is 1. The third kappa shape index (κ3) is 3.99. The summed E-state index contributed by atoms with van der Waals surface area (Å²) in [5, 5.41) is 0. The van der Waals surface area contributed by atoms with Crippen LogP contribution in [0.1, 0.15) is 32.3 Å². The standard InChI is InChI=1S/C12H19F3N4/c1-4-5-8(2)19(3)11-7-9(12(13,14)15)6-10(17-11)18-16/h6-8H,4-5,16H2,1-3H3,(H,17,18). The highest BCUT2D eigenvalue weighted by atomic mass is 19.4. The second-order valence-corrected chi connectivity index (χ2v) is 4.49. The molecule has 0 bridgehead atoms. The van der Waals surface area contributed by atoms with Gasteiger partial charge in [0.05, 0.1) is 5.56 Å². The number of nitrogens with two attached hydrogens (primary N) is 1. The van der Waals surface area contributed by atoms with Gasteiger partial charge in [-0.1, -0.05) is 13.3 Å². The van der Waals surface area contributed by atoms with E-state index in [9.17, 15) is 13.2 Å². The highest BCUT2D eigenvalue weighted by molar-refractivity contribution is 5.50. The summed E-state index contributed by atoms with van der Waals surface area (Å²) in [5.74, 6) is 5.42. The summed E-state index contributed by atoms with van der Waals surface area (Å²) in [6.07, 6.45) is -2.59. The van der Waals surface area contributed by atoms with E-state index in [4.69, 9.17) is 5.84 Å². The fourth-order valence-corrected chi connectivity index (χ4v) is 1.77. The molecule has 1 unspecified atom stereocenters. The summed E-state index contributed by atoms with van der Waals surface area (Å²) in [6, 6.07) is 2.03. The highest BCUT2D eigenvalue weighted by Gasteiger charge is 2.32. The number of anilines is 2. The molecular weight excluding hydrogens is 257 g/mol. The maximum Gasteiger partial charge on any atom is 0.416 e. The number of alkyl halides is 3. The molecule has 1 aromatic rings. The minimum absolute atomic E-state index is 0.000346. The van der Waals surface area contributed by atoms with Gasteiger partial charge in [-0.15, -0.1) is 0 Å². The van der Waals surface area contributed by atoms with Crippen molar-refractivity contribution in [2.45, 2.75) is 38.9 Å². The van der Waals surface area contributed by atoms with Crippen LogP contribution >= 0.6 is 0 Å². The zero-order chi connectivity index (χ0) is 14.6. The van der Waals surface area contributed by atoms with Gasteiger partial charge in [-0.3, -0.25) is 0 Å². The molecule has 108 valence electrons. The molecule has 1 rings (SSSR count). The molecule has 1 atom stereocenters. The van der Waals surface area contributed by atoms with E-state index >= 15 is 0 Å². The molecule has 0 radical (unpaired) electrons. The second kappa shape index (κ2) is 6.10. The first-order chi connectivity index (χ1) is 8.79. The third-order valence-electron chi connectivity index (χ3n) is 3.02. The normalized spacial score (nSPS) is 13.2. The van der Waals surface area contributed by atoms with Crippen LogP contribution in [0.2, 0.25) is 0 Å². The molecule has 7 heteroatoms. The van der Waals surface area contributed by atoms with Crippen LogP contribution < -0.4 is 16.2 Å². The molecule has 0 amide bonds. The summed E-state index contributed by atoms with van der Waals surface area (Å²) >= 11 is 0. The van der Waals surface area contributed by atoms with Crippen molar-refractivity contribution >= 4 is 11.6 Å². The lowest BCUT2D eigenvalue weighted by atomic mass is 10.1. The van der Waals surface area contributed by atoms with Crippen molar-refractivity contribution in [1.82, 2.24) is 4.98 Å². The molecule has 0 fully saturated rings. The molecule has 0 saturated heterocycles. The summed E-state index contributed by atoms with van der Waals surface area (Å²) in [7, 11) is 1.73. The molecule has 0 aliphatic carbocycles. The van der Waals surface area contributed by atoms with E-state index in [0.29, 0.717) is 0 Å². The highest BCUT2D eigenvalue weighted by Crippen LogP contribution is 2.33. The first-order valence-electron chi connectivity index (χ1n) is 6.08. The van der Waals surface area contributed by atoms with Crippen LogP contribution in [0.5, 0.6) is 0 Å². The first-order valence-corrected chi connectivity index (χ1v) is 6.08. The number of halogens is 3. The minimum Gasteiger partial charge on any atom is -0.357 e.